The summed E-state index contributed by atoms with van der Waals surface area (Å²) in [5.41, 5.74) is 2.23. The molecule has 4 heteroatoms. The van der Waals surface area contributed by atoms with Gasteiger partial charge in [0, 0.05) is 30.3 Å². The number of rotatable bonds is 12. The first kappa shape index (κ1) is 19.8. The van der Waals surface area contributed by atoms with Crippen LogP contribution in [-0.2, 0) is 17.9 Å². The number of hydrogen-bond acceptors (Lipinski definition) is 3. The van der Waals surface area contributed by atoms with Crippen molar-refractivity contribution >= 4 is 11.6 Å². The Morgan fingerprint density at radius 3 is 2.60 bits per heavy atom. The molecule has 0 bridgehead atoms. The molecule has 25 heavy (non-hydrogen) atoms. The first-order valence-corrected chi connectivity index (χ1v) is 9.41. The standard InChI is InChI=1S/C21H28ClNO2/c1-2-3-13-24-14-7-12-23-16-19-15-20(22)10-11-21(19)25-17-18-8-5-4-6-9-18/h4-6,8-11,15,23H,2-3,7,12-14,16-17H2,1H3. The molecule has 3 nitrogen and oxygen atoms in total. The van der Waals surface area contributed by atoms with E-state index in [4.69, 9.17) is 21.1 Å². The first-order valence-electron chi connectivity index (χ1n) is 9.03. The highest BCUT2D eigenvalue weighted by atomic mass is 35.5. The second-order valence-electron chi connectivity index (χ2n) is 6.02. The molecule has 0 aromatic heterocycles. The van der Waals surface area contributed by atoms with Crippen molar-refractivity contribution in [2.45, 2.75) is 39.3 Å². The Hall–Kier alpha value is -1.55. The van der Waals surface area contributed by atoms with E-state index >= 15 is 0 Å². The van der Waals surface area contributed by atoms with E-state index in [1.165, 1.54) is 6.42 Å². The summed E-state index contributed by atoms with van der Waals surface area (Å²) >= 11 is 6.14. The van der Waals surface area contributed by atoms with E-state index in [1.807, 2.05) is 36.4 Å². The monoisotopic (exact) mass is 361 g/mol. The largest absolute Gasteiger partial charge is 0.489 e. The average molecular weight is 362 g/mol. The van der Waals surface area contributed by atoms with Gasteiger partial charge in [-0.25, -0.2) is 0 Å². The van der Waals surface area contributed by atoms with Crippen LogP contribution in [0.5, 0.6) is 5.75 Å². The van der Waals surface area contributed by atoms with Crippen LogP contribution in [0.2, 0.25) is 5.02 Å². The molecule has 0 heterocycles. The van der Waals surface area contributed by atoms with Crippen molar-refractivity contribution in [2.75, 3.05) is 19.8 Å². The van der Waals surface area contributed by atoms with E-state index in [0.717, 1.165) is 61.0 Å². The summed E-state index contributed by atoms with van der Waals surface area (Å²) in [7, 11) is 0. The molecule has 2 rings (SSSR count). The predicted octanol–water partition coefficient (Wildman–Crippen LogP) is 5.22. The van der Waals surface area contributed by atoms with Gasteiger partial charge in [0.15, 0.2) is 0 Å². The molecule has 0 radical (unpaired) electrons. The topological polar surface area (TPSA) is 30.5 Å². The minimum atomic E-state index is 0.556. The molecule has 0 amide bonds. The molecule has 0 aliphatic rings. The lowest BCUT2D eigenvalue weighted by Gasteiger charge is -2.13. The molecular weight excluding hydrogens is 334 g/mol. The zero-order valence-corrected chi connectivity index (χ0v) is 15.7. The molecule has 0 atom stereocenters. The Bertz CT molecular complexity index is 604. The normalized spacial score (nSPS) is 10.8. The van der Waals surface area contributed by atoms with E-state index < -0.39 is 0 Å². The minimum Gasteiger partial charge on any atom is -0.489 e. The summed E-state index contributed by atoms with van der Waals surface area (Å²) in [5.74, 6) is 0.875. The molecule has 0 unspecified atom stereocenters. The van der Waals surface area contributed by atoms with Crippen molar-refractivity contribution in [1.82, 2.24) is 5.32 Å². The van der Waals surface area contributed by atoms with Crippen molar-refractivity contribution < 1.29 is 9.47 Å². The van der Waals surface area contributed by atoms with Gasteiger partial charge in [-0.15, -0.1) is 0 Å². The molecule has 0 fully saturated rings. The number of benzene rings is 2. The van der Waals surface area contributed by atoms with Crippen LogP contribution in [0.3, 0.4) is 0 Å². The van der Waals surface area contributed by atoms with Crippen molar-refractivity contribution in [3.05, 3.63) is 64.7 Å². The molecule has 1 N–H and O–H groups in total. The highest BCUT2D eigenvalue weighted by Crippen LogP contribution is 2.23. The minimum absolute atomic E-state index is 0.556. The second-order valence-corrected chi connectivity index (χ2v) is 6.46. The van der Waals surface area contributed by atoms with Crippen molar-refractivity contribution in [2.24, 2.45) is 0 Å². The molecule has 0 saturated carbocycles. The van der Waals surface area contributed by atoms with Gasteiger partial charge in [-0.3, -0.25) is 0 Å². The van der Waals surface area contributed by atoms with E-state index in [0.29, 0.717) is 6.61 Å². The molecule has 136 valence electrons. The highest BCUT2D eigenvalue weighted by Gasteiger charge is 2.05. The summed E-state index contributed by atoms with van der Waals surface area (Å²) < 4.78 is 11.5. The fourth-order valence-electron chi connectivity index (χ4n) is 2.43. The highest BCUT2D eigenvalue weighted by molar-refractivity contribution is 6.30. The predicted molar refractivity (Wildman–Crippen MR) is 104 cm³/mol. The number of ether oxygens (including phenoxy) is 2. The SMILES string of the molecule is CCCCOCCCNCc1cc(Cl)ccc1OCc1ccccc1. The zero-order chi connectivity index (χ0) is 17.7. The van der Waals surface area contributed by atoms with Crippen molar-refractivity contribution in [3.63, 3.8) is 0 Å². The summed E-state index contributed by atoms with van der Waals surface area (Å²) in [6, 6.07) is 15.9. The van der Waals surface area contributed by atoms with Crippen LogP contribution in [-0.4, -0.2) is 19.8 Å². The number of nitrogens with one attached hydrogen (secondary N) is 1. The van der Waals surface area contributed by atoms with Crippen LogP contribution in [0, 0.1) is 0 Å². The van der Waals surface area contributed by atoms with E-state index in [-0.39, 0.29) is 0 Å². The molecule has 0 aliphatic carbocycles. The van der Waals surface area contributed by atoms with Gasteiger partial charge in [0.1, 0.15) is 12.4 Å². The van der Waals surface area contributed by atoms with Crippen LogP contribution in [0.15, 0.2) is 48.5 Å². The third-order valence-corrected chi connectivity index (χ3v) is 4.09. The summed E-state index contributed by atoms with van der Waals surface area (Å²) in [6.45, 7) is 6.05. The van der Waals surface area contributed by atoms with Gasteiger partial charge >= 0.3 is 0 Å². The summed E-state index contributed by atoms with van der Waals surface area (Å²) in [5, 5.41) is 4.17. The summed E-state index contributed by atoms with van der Waals surface area (Å²) in [4.78, 5) is 0. The maximum atomic E-state index is 6.14. The van der Waals surface area contributed by atoms with Crippen LogP contribution in [0.1, 0.15) is 37.3 Å². The maximum absolute atomic E-state index is 6.14. The average Bonchev–Trinajstić information content (AvgIpc) is 2.64. The molecule has 2 aromatic rings. The Morgan fingerprint density at radius 1 is 1.00 bits per heavy atom. The zero-order valence-electron chi connectivity index (χ0n) is 15.0. The van der Waals surface area contributed by atoms with E-state index in [1.54, 1.807) is 0 Å². The molecule has 0 aliphatic heterocycles. The van der Waals surface area contributed by atoms with E-state index in [9.17, 15) is 0 Å². The van der Waals surface area contributed by atoms with Crippen molar-refractivity contribution in [1.29, 1.82) is 0 Å². The Kier molecular flexibility index (Phi) is 9.42. The third-order valence-electron chi connectivity index (χ3n) is 3.86. The van der Waals surface area contributed by atoms with Gasteiger partial charge in [-0.05, 0) is 43.1 Å². The lowest BCUT2D eigenvalue weighted by Crippen LogP contribution is -2.17. The molecule has 2 aromatic carbocycles. The van der Waals surface area contributed by atoms with Crippen LogP contribution >= 0.6 is 11.6 Å². The Balaban J connectivity index is 1.76. The lowest BCUT2D eigenvalue weighted by molar-refractivity contribution is 0.128. The molecule has 0 saturated heterocycles. The van der Waals surface area contributed by atoms with Gasteiger partial charge in [0.25, 0.3) is 0 Å². The van der Waals surface area contributed by atoms with Crippen molar-refractivity contribution in [3.8, 4) is 5.75 Å². The Morgan fingerprint density at radius 2 is 1.80 bits per heavy atom. The van der Waals surface area contributed by atoms with Gasteiger partial charge in [-0.2, -0.15) is 0 Å². The quantitative estimate of drug-likeness (QED) is 0.526. The van der Waals surface area contributed by atoms with Gasteiger partial charge in [0.2, 0.25) is 0 Å². The number of unbranched alkanes of at least 4 members (excludes halogenated alkanes) is 1. The lowest BCUT2D eigenvalue weighted by atomic mass is 10.2. The number of halogens is 1. The molecular formula is C21H28ClNO2. The van der Waals surface area contributed by atoms with Crippen LogP contribution in [0.4, 0.5) is 0 Å². The second kappa shape index (κ2) is 11.9. The summed E-state index contributed by atoms with van der Waals surface area (Å²) in [6.07, 6.45) is 3.32. The van der Waals surface area contributed by atoms with Crippen LogP contribution in [0.25, 0.3) is 0 Å². The van der Waals surface area contributed by atoms with Gasteiger partial charge < -0.3 is 14.8 Å². The van der Waals surface area contributed by atoms with E-state index in [2.05, 4.69) is 24.4 Å². The molecule has 0 spiro atoms. The third kappa shape index (κ3) is 7.91. The fourth-order valence-corrected chi connectivity index (χ4v) is 2.63. The number of hydrogen-bond donors (Lipinski definition) is 1. The maximum Gasteiger partial charge on any atom is 0.124 e. The first-order chi connectivity index (χ1) is 12.3. The van der Waals surface area contributed by atoms with Gasteiger partial charge in [-0.1, -0.05) is 55.3 Å². The van der Waals surface area contributed by atoms with Crippen LogP contribution < -0.4 is 10.1 Å². The fraction of sp³-hybridized carbons (Fsp3) is 0.429. The smallest absolute Gasteiger partial charge is 0.124 e. The van der Waals surface area contributed by atoms with Gasteiger partial charge in [0.05, 0.1) is 0 Å². The Labute approximate surface area is 156 Å².